The molecule has 1 saturated carbocycles. The summed E-state index contributed by atoms with van der Waals surface area (Å²) in [6.45, 7) is 5.63. The van der Waals surface area contributed by atoms with Gasteiger partial charge in [-0.25, -0.2) is 9.07 Å². The van der Waals surface area contributed by atoms with Gasteiger partial charge in [-0.15, -0.1) is 5.10 Å². The van der Waals surface area contributed by atoms with Gasteiger partial charge in [-0.1, -0.05) is 38.3 Å². The van der Waals surface area contributed by atoms with Crippen LogP contribution in [0.2, 0.25) is 0 Å². The van der Waals surface area contributed by atoms with Gasteiger partial charge in [0.2, 0.25) is 0 Å². The molecule has 0 N–H and O–H groups in total. The van der Waals surface area contributed by atoms with E-state index in [0.29, 0.717) is 11.7 Å². The molecule has 0 bridgehead atoms. The van der Waals surface area contributed by atoms with Crippen molar-refractivity contribution in [3.63, 3.8) is 0 Å². The highest BCUT2D eigenvalue weighted by molar-refractivity contribution is 5.48. The maximum absolute atomic E-state index is 14.1. The number of anilines is 1. The zero-order valence-electron chi connectivity index (χ0n) is 16.1. The van der Waals surface area contributed by atoms with Crippen molar-refractivity contribution >= 4 is 5.69 Å². The smallest absolute Gasteiger partial charge is 0.168 e. The summed E-state index contributed by atoms with van der Waals surface area (Å²) >= 11 is 0. The number of nitrogens with zero attached hydrogens (tertiary/aromatic N) is 6. The van der Waals surface area contributed by atoms with Crippen molar-refractivity contribution in [2.24, 2.45) is 0 Å². The molecule has 27 heavy (non-hydrogen) atoms. The number of halogens is 1. The first kappa shape index (κ1) is 18.3. The van der Waals surface area contributed by atoms with Gasteiger partial charge in [0.25, 0.3) is 0 Å². The second-order valence-corrected chi connectivity index (χ2v) is 7.67. The lowest BCUT2D eigenvalue weighted by Gasteiger charge is -2.40. The van der Waals surface area contributed by atoms with Crippen LogP contribution in [-0.4, -0.2) is 51.3 Å². The third-order valence-corrected chi connectivity index (χ3v) is 6.07. The lowest BCUT2D eigenvalue weighted by Crippen LogP contribution is -2.48. The fourth-order valence-electron chi connectivity index (χ4n) is 4.59. The first-order valence-corrected chi connectivity index (χ1v) is 10.3. The van der Waals surface area contributed by atoms with Crippen LogP contribution < -0.4 is 4.90 Å². The molecular weight excluding hydrogens is 343 g/mol. The number of para-hydroxylation sites is 1. The second kappa shape index (κ2) is 8.33. The van der Waals surface area contributed by atoms with Crippen molar-refractivity contribution < 1.29 is 4.39 Å². The Morgan fingerprint density at radius 2 is 1.81 bits per heavy atom. The molecule has 2 aliphatic rings. The summed E-state index contributed by atoms with van der Waals surface area (Å²) in [6, 6.07) is 7.72. The van der Waals surface area contributed by atoms with Crippen LogP contribution in [0.1, 0.15) is 63.4 Å². The average Bonchev–Trinajstić information content (AvgIpc) is 3.20. The highest BCUT2D eigenvalue weighted by Gasteiger charge is 2.30. The zero-order chi connectivity index (χ0) is 18.6. The quantitative estimate of drug-likeness (QED) is 0.803. The number of tetrazole rings is 1. The molecule has 2 heterocycles. The van der Waals surface area contributed by atoms with Crippen molar-refractivity contribution in [1.82, 2.24) is 25.1 Å². The third-order valence-electron chi connectivity index (χ3n) is 6.07. The van der Waals surface area contributed by atoms with Crippen molar-refractivity contribution in [1.29, 1.82) is 0 Å². The molecule has 146 valence electrons. The maximum atomic E-state index is 14.1. The lowest BCUT2D eigenvalue weighted by atomic mass is 9.95. The van der Waals surface area contributed by atoms with E-state index in [1.54, 1.807) is 6.07 Å². The number of benzene rings is 1. The predicted octanol–water partition coefficient (Wildman–Crippen LogP) is 3.59. The molecule has 6 nitrogen and oxygen atoms in total. The normalized spacial score (nSPS) is 20.7. The van der Waals surface area contributed by atoms with Gasteiger partial charge >= 0.3 is 0 Å². The molecule has 0 radical (unpaired) electrons. The molecule has 0 spiro atoms. The highest BCUT2D eigenvalue weighted by Crippen LogP contribution is 2.32. The summed E-state index contributed by atoms with van der Waals surface area (Å²) in [5.74, 6) is 0.864. The van der Waals surface area contributed by atoms with E-state index in [4.69, 9.17) is 0 Å². The van der Waals surface area contributed by atoms with Gasteiger partial charge in [0, 0.05) is 26.2 Å². The molecule has 4 rings (SSSR count). The van der Waals surface area contributed by atoms with E-state index in [0.717, 1.165) is 38.4 Å². The Morgan fingerprint density at radius 1 is 1.07 bits per heavy atom. The number of hydrogen-bond donors (Lipinski definition) is 0. The SMILES string of the molecule is CC[C@H](c1nnnn1C1CCCCC1)N1CCN(c2ccccc2F)CC1. The Morgan fingerprint density at radius 3 is 2.52 bits per heavy atom. The molecule has 1 aromatic carbocycles. The fraction of sp³-hybridized carbons (Fsp3) is 0.650. The minimum atomic E-state index is -0.140. The Hall–Kier alpha value is -2.02. The van der Waals surface area contributed by atoms with Crippen LogP contribution in [0.15, 0.2) is 24.3 Å². The van der Waals surface area contributed by atoms with Crippen LogP contribution >= 0.6 is 0 Å². The summed E-state index contributed by atoms with van der Waals surface area (Å²) in [6.07, 6.45) is 7.19. The van der Waals surface area contributed by atoms with Crippen LogP contribution in [0.25, 0.3) is 0 Å². The Balaban J connectivity index is 1.46. The number of aromatic nitrogens is 4. The van der Waals surface area contributed by atoms with Crippen LogP contribution in [0.3, 0.4) is 0 Å². The van der Waals surface area contributed by atoms with Gasteiger partial charge in [0.15, 0.2) is 5.82 Å². The summed E-state index contributed by atoms with van der Waals surface area (Å²) in [4.78, 5) is 4.60. The lowest BCUT2D eigenvalue weighted by molar-refractivity contribution is 0.163. The molecule has 1 aromatic heterocycles. The molecule has 1 atom stereocenters. The van der Waals surface area contributed by atoms with Crippen LogP contribution in [0, 0.1) is 5.82 Å². The summed E-state index contributed by atoms with van der Waals surface area (Å²) in [5, 5.41) is 12.8. The molecule has 1 saturated heterocycles. The molecule has 2 fully saturated rings. The van der Waals surface area contributed by atoms with Crippen molar-refractivity contribution in [2.45, 2.75) is 57.5 Å². The topological polar surface area (TPSA) is 50.1 Å². The van der Waals surface area contributed by atoms with Gasteiger partial charge in [0.1, 0.15) is 5.82 Å². The van der Waals surface area contributed by atoms with Crippen molar-refractivity contribution in [3.8, 4) is 0 Å². The molecule has 0 amide bonds. The molecule has 1 aliphatic carbocycles. The van der Waals surface area contributed by atoms with Crippen molar-refractivity contribution in [2.75, 3.05) is 31.1 Å². The predicted molar refractivity (Wildman–Crippen MR) is 103 cm³/mol. The van der Waals surface area contributed by atoms with Gasteiger partial charge in [0.05, 0.1) is 17.8 Å². The Labute approximate surface area is 160 Å². The van der Waals surface area contributed by atoms with E-state index in [2.05, 4.69) is 36.9 Å². The van der Waals surface area contributed by atoms with E-state index < -0.39 is 0 Å². The van der Waals surface area contributed by atoms with Gasteiger partial charge in [-0.3, -0.25) is 4.90 Å². The van der Waals surface area contributed by atoms with Gasteiger partial charge < -0.3 is 4.90 Å². The van der Waals surface area contributed by atoms with E-state index >= 15 is 0 Å². The van der Waals surface area contributed by atoms with Gasteiger partial charge in [-0.05, 0) is 41.8 Å². The summed E-state index contributed by atoms with van der Waals surface area (Å²) in [7, 11) is 0. The minimum absolute atomic E-state index is 0.140. The molecule has 2 aromatic rings. The first-order chi connectivity index (χ1) is 13.3. The average molecular weight is 372 g/mol. The molecular formula is C20H29FN6. The van der Waals surface area contributed by atoms with Crippen molar-refractivity contribution in [3.05, 3.63) is 35.9 Å². The number of rotatable bonds is 5. The summed E-state index contributed by atoms with van der Waals surface area (Å²) < 4.78 is 16.2. The maximum Gasteiger partial charge on any atom is 0.168 e. The Kier molecular flexibility index (Phi) is 5.66. The van der Waals surface area contributed by atoms with E-state index in [1.807, 2.05) is 12.1 Å². The van der Waals surface area contributed by atoms with E-state index in [1.165, 1.54) is 38.2 Å². The van der Waals surface area contributed by atoms with Crippen LogP contribution in [0.5, 0.6) is 0 Å². The fourth-order valence-corrected chi connectivity index (χ4v) is 4.59. The van der Waals surface area contributed by atoms with Crippen LogP contribution in [-0.2, 0) is 0 Å². The van der Waals surface area contributed by atoms with E-state index in [9.17, 15) is 4.39 Å². The second-order valence-electron chi connectivity index (χ2n) is 7.67. The van der Waals surface area contributed by atoms with Gasteiger partial charge in [-0.2, -0.15) is 0 Å². The highest BCUT2D eigenvalue weighted by atomic mass is 19.1. The Bertz CT molecular complexity index is 734. The third kappa shape index (κ3) is 3.83. The largest absolute Gasteiger partial charge is 0.367 e. The zero-order valence-corrected chi connectivity index (χ0v) is 16.1. The standard InChI is InChI=1S/C20H29FN6/c1-2-18(20-22-23-24-27(20)16-8-4-3-5-9-16)25-12-14-26(15-13-25)19-11-7-6-10-17(19)21/h6-7,10-11,16,18H,2-5,8-9,12-15H2,1H3/t18-/m1/s1. The monoisotopic (exact) mass is 372 g/mol. The molecule has 0 unspecified atom stereocenters. The molecule has 7 heteroatoms. The van der Waals surface area contributed by atoms with Crippen LogP contribution in [0.4, 0.5) is 10.1 Å². The summed E-state index contributed by atoms with van der Waals surface area (Å²) in [5.41, 5.74) is 0.706. The number of hydrogen-bond acceptors (Lipinski definition) is 5. The first-order valence-electron chi connectivity index (χ1n) is 10.3. The molecule has 1 aliphatic heterocycles. The minimum Gasteiger partial charge on any atom is -0.367 e. The van der Waals surface area contributed by atoms with E-state index in [-0.39, 0.29) is 11.9 Å². The number of piperazine rings is 1.